The SMILES string of the molecule is CCOC(=O)c1c(C)oc2c1c(C(c1ccncc1)[NH+]1CCOCC1)c(O)c1ccccc12. The number of carbonyl (C=O) groups is 1. The van der Waals surface area contributed by atoms with E-state index in [2.05, 4.69) is 4.98 Å². The number of nitrogens with zero attached hydrogens (tertiary/aromatic N) is 1. The molecule has 1 atom stereocenters. The smallest absolute Gasteiger partial charge is 0.342 e. The molecule has 0 bridgehead atoms. The second-order valence-corrected chi connectivity index (χ2v) is 8.25. The van der Waals surface area contributed by atoms with Gasteiger partial charge in [-0.2, -0.15) is 0 Å². The van der Waals surface area contributed by atoms with Crippen molar-refractivity contribution in [3.63, 3.8) is 0 Å². The van der Waals surface area contributed by atoms with Gasteiger partial charge < -0.3 is 23.9 Å². The molecule has 1 aliphatic heterocycles. The predicted octanol–water partition coefficient (Wildman–Crippen LogP) is 3.18. The van der Waals surface area contributed by atoms with Gasteiger partial charge in [-0.3, -0.25) is 4.98 Å². The van der Waals surface area contributed by atoms with Gasteiger partial charge in [-0.1, -0.05) is 24.3 Å². The molecule has 2 N–H and O–H groups in total. The molecule has 170 valence electrons. The summed E-state index contributed by atoms with van der Waals surface area (Å²) < 4.78 is 17.2. The van der Waals surface area contributed by atoms with Crippen LogP contribution in [0.15, 0.2) is 53.2 Å². The number of aromatic nitrogens is 1. The maximum Gasteiger partial charge on any atom is 0.342 e. The van der Waals surface area contributed by atoms with Crippen molar-refractivity contribution < 1.29 is 28.7 Å². The number of hydrogen-bond donors (Lipinski definition) is 2. The first-order valence-electron chi connectivity index (χ1n) is 11.3. The summed E-state index contributed by atoms with van der Waals surface area (Å²) in [5.41, 5.74) is 2.63. The number of furan rings is 1. The highest BCUT2D eigenvalue weighted by Crippen LogP contribution is 2.44. The molecule has 1 saturated heterocycles. The number of nitrogens with one attached hydrogen (secondary N) is 1. The maximum absolute atomic E-state index is 13.1. The van der Waals surface area contributed by atoms with Gasteiger partial charge >= 0.3 is 5.97 Å². The van der Waals surface area contributed by atoms with Crippen LogP contribution in [0.2, 0.25) is 0 Å². The quantitative estimate of drug-likeness (QED) is 0.457. The molecule has 0 radical (unpaired) electrons. The molecule has 2 aromatic carbocycles. The molecule has 2 aromatic heterocycles. The number of quaternary nitrogens is 1. The van der Waals surface area contributed by atoms with Gasteiger partial charge in [0, 0.05) is 34.1 Å². The Hall–Kier alpha value is -3.42. The van der Waals surface area contributed by atoms with E-state index in [-0.39, 0.29) is 18.4 Å². The number of esters is 1. The fourth-order valence-corrected chi connectivity index (χ4v) is 4.96. The van der Waals surface area contributed by atoms with Gasteiger partial charge in [0.25, 0.3) is 0 Å². The van der Waals surface area contributed by atoms with Crippen LogP contribution in [0.5, 0.6) is 5.75 Å². The maximum atomic E-state index is 13.1. The molecule has 33 heavy (non-hydrogen) atoms. The summed E-state index contributed by atoms with van der Waals surface area (Å²) in [6.07, 6.45) is 3.51. The van der Waals surface area contributed by atoms with Crippen LogP contribution in [0, 0.1) is 6.92 Å². The molecule has 1 fully saturated rings. The van der Waals surface area contributed by atoms with E-state index in [0.717, 1.165) is 24.0 Å². The lowest BCUT2D eigenvalue weighted by atomic mass is 9.89. The summed E-state index contributed by atoms with van der Waals surface area (Å²) >= 11 is 0. The molecular formula is C26H27N2O5+. The molecule has 0 amide bonds. The highest BCUT2D eigenvalue weighted by Gasteiger charge is 2.36. The topological polar surface area (TPSA) is 86.2 Å². The highest BCUT2D eigenvalue weighted by atomic mass is 16.5. The minimum Gasteiger partial charge on any atom is -0.507 e. The van der Waals surface area contributed by atoms with Crippen molar-refractivity contribution in [1.82, 2.24) is 4.98 Å². The molecular weight excluding hydrogens is 420 g/mol. The van der Waals surface area contributed by atoms with Gasteiger partial charge in [0.2, 0.25) is 0 Å². The minimum absolute atomic E-state index is 0.158. The fraction of sp³-hybridized carbons (Fsp3) is 0.308. The zero-order valence-corrected chi connectivity index (χ0v) is 18.8. The number of hydrogen-bond acceptors (Lipinski definition) is 6. The predicted molar refractivity (Wildman–Crippen MR) is 124 cm³/mol. The minimum atomic E-state index is -0.449. The largest absolute Gasteiger partial charge is 0.507 e. The summed E-state index contributed by atoms with van der Waals surface area (Å²) in [6.45, 7) is 6.60. The van der Waals surface area contributed by atoms with Crippen LogP contribution in [-0.2, 0) is 9.47 Å². The van der Waals surface area contributed by atoms with Crippen LogP contribution >= 0.6 is 0 Å². The number of aryl methyl sites for hydroxylation is 1. The van der Waals surface area contributed by atoms with E-state index in [4.69, 9.17) is 13.9 Å². The van der Waals surface area contributed by atoms with E-state index in [9.17, 15) is 9.90 Å². The summed E-state index contributed by atoms with van der Waals surface area (Å²) in [5.74, 6) is 0.186. The van der Waals surface area contributed by atoms with Crippen molar-refractivity contribution in [1.29, 1.82) is 0 Å². The molecule has 1 unspecified atom stereocenters. The number of morpholine rings is 1. The van der Waals surface area contributed by atoms with Crippen molar-refractivity contribution in [3.8, 4) is 5.75 Å². The third-order valence-corrected chi connectivity index (χ3v) is 6.39. The fourth-order valence-electron chi connectivity index (χ4n) is 4.96. The van der Waals surface area contributed by atoms with Crippen molar-refractivity contribution >= 4 is 27.7 Å². The Bertz CT molecular complexity index is 1310. The Balaban J connectivity index is 1.89. The lowest BCUT2D eigenvalue weighted by Crippen LogP contribution is -3.14. The first-order chi connectivity index (χ1) is 16.1. The molecule has 3 heterocycles. The van der Waals surface area contributed by atoms with E-state index in [1.165, 1.54) is 4.90 Å². The number of benzene rings is 2. The van der Waals surface area contributed by atoms with E-state index in [1.807, 2.05) is 36.4 Å². The number of phenolic OH excluding ortho intramolecular Hbond substituents is 1. The van der Waals surface area contributed by atoms with Gasteiger partial charge in [0.15, 0.2) is 0 Å². The number of phenols is 1. The zero-order valence-electron chi connectivity index (χ0n) is 18.8. The second kappa shape index (κ2) is 8.84. The van der Waals surface area contributed by atoms with E-state index in [0.29, 0.717) is 46.5 Å². The Morgan fingerprint density at radius 2 is 1.85 bits per heavy atom. The molecule has 4 aromatic rings. The van der Waals surface area contributed by atoms with Gasteiger partial charge in [-0.15, -0.1) is 0 Å². The van der Waals surface area contributed by atoms with Crippen molar-refractivity contribution in [2.24, 2.45) is 0 Å². The van der Waals surface area contributed by atoms with Crippen molar-refractivity contribution in [2.45, 2.75) is 19.9 Å². The lowest BCUT2D eigenvalue weighted by molar-refractivity contribution is -0.933. The molecule has 5 rings (SSSR count). The van der Waals surface area contributed by atoms with Gasteiger partial charge in [-0.25, -0.2) is 4.79 Å². The van der Waals surface area contributed by atoms with Gasteiger partial charge in [0.1, 0.15) is 41.8 Å². The number of rotatable bonds is 5. The molecule has 7 heteroatoms. The summed E-state index contributed by atoms with van der Waals surface area (Å²) in [5, 5.41) is 13.8. The van der Waals surface area contributed by atoms with E-state index < -0.39 is 5.97 Å². The number of aromatic hydroxyl groups is 1. The van der Waals surface area contributed by atoms with E-state index >= 15 is 0 Å². The van der Waals surface area contributed by atoms with E-state index in [1.54, 1.807) is 26.2 Å². The molecule has 0 aliphatic carbocycles. The zero-order chi connectivity index (χ0) is 22.9. The van der Waals surface area contributed by atoms with Gasteiger partial charge in [0.05, 0.1) is 25.4 Å². The van der Waals surface area contributed by atoms with Crippen LogP contribution in [-0.4, -0.2) is 49.0 Å². The highest BCUT2D eigenvalue weighted by molar-refractivity contribution is 6.16. The first-order valence-corrected chi connectivity index (χ1v) is 11.3. The van der Waals surface area contributed by atoms with Crippen LogP contribution in [0.25, 0.3) is 21.7 Å². The monoisotopic (exact) mass is 447 g/mol. The van der Waals surface area contributed by atoms with Crippen LogP contribution in [0.1, 0.15) is 40.2 Å². The molecule has 0 spiro atoms. The average Bonchev–Trinajstić information content (AvgIpc) is 3.20. The third-order valence-electron chi connectivity index (χ3n) is 6.39. The lowest BCUT2D eigenvalue weighted by Gasteiger charge is -2.33. The van der Waals surface area contributed by atoms with Crippen LogP contribution in [0.3, 0.4) is 0 Å². The van der Waals surface area contributed by atoms with Crippen LogP contribution in [0.4, 0.5) is 0 Å². The number of pyridine rings is 1. The first kappa shape index (κ1) is 21.4. The Morgan fingerprint density at radius 1 is 1.15 bits per heavy atom. The van der Waals surface area contributed by atoms with Gasteiger partial charge in [-0.05, 0) is 26.0 Å². The Kier molecular flexibility index (Phi) is 5.74. The average molecular weight is 448 g/mol. The summed E-state index contributed by atoms with van der Waals surface area (Å²) in [7, 11) is 0. The molecule has 0 saturated carbocycles. The number of ether oxygens (including phenoxy) is 2. The second-order valence-electron chi connectivity index (χ2n) is 8.25. The third kappa shape index (κ3) is 3.63. The summed E-state index contributed by atoms with van der Waals surface area (Å²) in [4.78, 5) is 18.5. The van der Waals surface area contributed by atoms with Crippen molar-refractivity contribution in [2.75, 3.05) is 32.9 Å². The summed E-state index contributed by atoms with van der Waals surface area (Å²) in [6, 6.07) is 11.3. The molecule has 1 aliphatic rings. The normalized spacial score (nSPS) is 15.7. The standard InChI is InChI=1S/C26H26N2O5/c1-3-32-26(30)20-16(2)33-25-19-7-5-4-6-18(19)24(29)22(21(20)25)23(17-8-10-27-11-9-17)28-12-14-31-15-13-28/h4-11,23,29H,3,12-15H2,1-2H3/p+1. The van der Waals surface area contributed by atoms with Crippen molar-refractivity contribution in [3.05, 3.63) is 71.2 Å². The molecule has 7 nitrogen and oxygen atoms in total. The Morgan fingerprint density at radius 3 is 2.55 bits per heavy atom. The Labute approximate surface area is 191 Å². The number of carbonyl (C=O) groups excluding carboxylic acids is 1. The van der Waals surface area contributed by atoms with Crippen LogP contribution < -0.4 is 4.90 Å². The number of fused-ring (bicyclic) bond motifs is 3.